The molecule has 0 atom stereocenters. The number of nitrogens with zero attached hydrogens (tertiary/aromatic N) is 1. The van der Waals surface area contributed by atoms with E-state index in [2.05, 4.69) is 5.32 Å². The van der Waals surface area contributed by atoms with E-state index >= 15 is 0 Å². The maximum atomic E-state index is 13.3. The Bertz CT molecular complexity index is 910. The lowest BCUT2D eigenvalue weighted by Gasteiger charge is -2.23. The van der Waals surface area contributed by atoms with Gasteiger partial charge in [-0.1, -0.05) is 31.4 Å². The molecular weight excluding hydrogens is 392 g/mol. The highest BCUT2D eigenvalue weighted by atomic mass is 32.1. The number of aliphatic imine (C=N–C) groups is 1. The first kappa shape index (κ1) is 21.1. The summed E-state index contributed by atoms with van der Waals surface area (Å²) in [4.78, 5) is 19.4. The fourth-order valence-electron chi connectivity index (χ4n) is 4.45. The van der Waals surface area contributed by atoms with Crippen LogP contribution in [0.2, 0.25) is 0 Å². The number of carbonyl (C=O) groups excluding carboxylic acids is 1. The molecule has 30 heavy (non-hydrogen) atoms. The summed E-state index contributed by atoms with van der Waals surface area (Å²) in [6, 6.07) is 8.27. The topological polar surface area (TPSA) is 50.7 Å². The van der Waals surface area contributed by atoms with Gasteiger partial charge in [-0.3, -0.25) is 4.79 Å². The van der Waals surface area contributed by atoms with Crippen LogP contribution in [0.1, 0.15) is 85.2 Å². The van der Waals surface area contributed by atoms with Gasteiger partial charge in [-0.25, -0.2) is 4.99 Å². The average molecular weight is 425 g/mol. The normalized spacial score (nSPS) is 17.3. The summed E-state index contributed by atoms with van der Waals surface area (Å²) in [5.41, 5.74) is 3.05. The highest BCUT2D eigenvalue weighted by Crippen LogP contribution is 2.40. The summed E-state index contributed by atoms with van der Waals surface area (Å²) < 4.78 is 5.80. The van der Waals surface area contributed by atoms with Crippen molar-refractivity contribution in [2.24, 2.45) is 4.99 Å². The minimum atomic E-state index is 0.0744. The molecule has 1 amide bonds. The maximum Gasteiger partial charge on any atom is 0.254 e. The largest absolute Gasteiger partial charge is 0.491 e. The van der Waals surface area contributed by atoms with Gasteiger partial charge in [0.1, 0.15) is 10.8 Å². The van der Waals surface area contributed by atoms with Crippen molar-refractivity contribution in [3.8, 4) is 5.75 Å². The highest BCUT2D eigenvalue weighted by Gasteiger charge is 2.27. The second kappa shape index (κ2) is 9.78. The zero-order valence-electron chi connectivity index (χ0n) is 18.1. The summed E-state index contributed by atoms with van der Waals surface area (Å²) in [5.74, 6) is 0.917. The monoisotopic (exact) mass is 424 g/mol. The third-order valence-corrected chi connectivity index (χ3v) is 7.08. The van der Waals surface area contributed by atoms with Crippen LogP contribution < -0.4 is 10.1 Å². The molecule has 0 unspecified atom stereocenters. The predicted molar refractivity (Wildman–Crippen MR) is 125 cm³/mol. The van der Waals surface area contributed by atoms with Gasteiger partial charge in [0, 0.05) is 17.1 Å². The number of hydrogen-bond donors (Lipinski definition) is 1. The van der Waals surface area contributed by atoms with Crippen molar-refractivity contribution < 1.29 is 9.53 Å². The Hall–Kier alpha value is -2.14. The number of ether oxygens (including phenoxy) is 1. The first-order chi connectivity index (χ1) is 14.6. The minimum absolute atomic E-state index is 0.0744. The maximum absolute atomic E-state index is 13.3. The van der Waals surface area contributed by atoms with Crippen molar-refractivity contribution in [2.45, 2.75) is 83.8 Å². The van der Waals surface area contributed by atoms with E-state index in [1.165, 1.54) is 36.1 Å². The lowest BCUT2D eigenvalue weighted by molar-refractivity contribution is 0.0927. The second-order valence-electron chi connectivity index (χ2n) is 8.70. The van der Waals surface area contributed by atoms with Gasteiger partial charge in [-0.15, -0.1) is 11.3 Å². The van der Waals surface area contributed by atoms with Crippen LogP contribution in [0, 0.1) is 0 Å². The van der Waals surface area contributed by atoms with Gasteiger partial charge in [0.25, 0.3) is 5.91 Å². The average Bonchev–Trinajstić information content (AvgIpc) is 3.11. The molecule has 1 saturated carbocycles. The Morgan fingerprint density at radius 1 is 1.17 bits per heavy atom. The molecule has 4 rings (SSSR count). The molecule has 2 aromatic rings. The van der Waals surface area contributed by atoms with Crippen molar-refractivity contribution in [2.75, 3.05) is 0 Å². The Labute approximate surface area is 183 Å². The number of nitrogens with one attached hydrogen (secondary N) is 1. The van der Waals surface area contributed by atoms with Crippen molar-refractivity contribution in [3.05, 3.63) is 45.8 Å². The molecule has 2 aliphatic rings. The zero-order chi connectivity index (χ0) is 20.9. The molecule has 1 heterocycles. The molecule has 1 N–H and O–H groups in total. The predicted octanol–water partition coefficient (Wildman–Crippen LogP) is 6.23. The van der Waals surface area contributed by atoms with E-state index in [4.69, 9.17) is 9.73 Å². The first-order valence-corrected chi connectivity index (χ1v) is 12.2. The van der Waals surface area contributed by atoms with E-state index in [1.807, 2.05) is 44.3 Å². The number of benzene rings is 1. The molecule has 5 heteroatoms. The van der Waals surface area contributed by atoms with Gasteiger partial charge in [0.15, 0.2) is 0 Å². The van der Waals surface area contributed by atoms with Gasteiger partial charge in [-0.2, -0.15) is 0 Å². The third-order valence-electron chi connectivity index (χ3n) is 5.88. The molecule has 0 aliphatic heterocycles. The van der Waals surface area contributed by atoms with Crippen LogP contribution in [0.4, 0.5) is 5.00 Å². The second-order valence-corrected chi connectivity index (χ2v) is 9.78. The van der Waals surface area contributed by atoms with Gasteiger partial charge in [0.05, 0.1) is 11.7 Å². The summed E-state index contributed by atoms with van der Waals surface area (Å²) in [6.07, 6.45) is 12.3. The molecule has 0 saturated heterocycles. The number of aryl methyl sites for hydroxylation is 1. The van der Waals surface area contributed by atoms with Crippen LogP contribution in [-0.2, 0) is 12.8 Å². The highest BCUT2D eigenvalue weighted by molar-refractivity contribution is 7.16. The molecule has 4 nitrogen and oxygen atoms in total. The molecular formula is C25H32N2O2S. The van der Waals surface area contributed by atoms with Crippen molar-refractivity contribution in [1.82, 2.24) is 5.32 Å². The number of carbonyl (C=O) groups is 1. The van der Waals surface area contributed by atoms with E-state index in [0.717, 1.165) is 54.0 Å². The number of thiophene rings is 1. The van der Waals surface area contributed by atoms with Crippen LogP contribution in [0.15, 0.2) is 29.3 Å². The number of hydrogen-bond acceptors (Lipinski definition) is 4. The summed E-state index contributed by atoms with van der Waals surface area (Å²) in [6.45, 7) is 4.04. The molecule has 160 valence electrons. The Balaban J connectivity index is 1.59. The van der Waals surface area contributed by atoms with E-state index in [1.54, 1.807) is 11.3 Å². The molecule has 2 aliphatic carbocycles. The standard InChI is InChI=1S/C25H32N2O2S/c1-17(2)29-20-12-8-9-18(15-20)16-26-25-23(21-13-6-7-14-22(21)30-25)24(28)27-19-10-4-3-5-11-19/h8-9,12,15-17,19H,3-7,10-11,13-14H2,1-2H3,(H,27,28). The van der Waals surface area contributed by atoms with Gasteiger partial charge < -0.3 is 10.1 Å². The lowest BCUT2D eigenvalue weighted by atomic mass is 9.93. The smallest absolute Gasteiger partial charge is 0.254 e. The Morgan fingerprint density at radius 3 is 2.77 bits per heavy atom. The van der Waals surface area contributed by atoms with Crippen molar-refractivity contribution >= 4 is 28.5 Å². The van der Waals surface area contributed by atoms with Crippen molar-refractivity contribution in [3.63, 3.8) is 0 Å². The molecule has 0 radical (unpaired) electrons. The lowest BCUT2D eigenvalue weighted by Crippen LogP contribution is -2.36. The number of rotatable bonds is 6. The fraction of sp³-hybridized carbons (Fsp3) is 0.520. The van der Waals surface area contributed by atoms with Crippen LogP contribution in [0.25, 0.3) is 0 Å². The number of fused-ring (bicyclic) bond motifs is 1. The van der Waals surface area contributed by atoms with Gasteiger partial charge in [0.2, 0.25) is 0 Å². The minimum Gasteiger partial charge on any atom is -0.491 e. The summed E-state index contributed by atoms with van der Waals surface area (Å²) in [5, 5.41) is 4.17. The van der Waals surface area contributed by atoms with E-state index in [9.17, 15) is 4.79 Å². The first-order valence-electron chi connectivity index (χ1n) is 11.4. The quantitative estimate of drug-likeness (QED) is 0.559. The third kappa shape index (κ3) is 5.12. The Morgan fingerprint density at radius 2 is 1.97 bits per heavy atom. The SMILES string of the molecule is CC(C)Oc1cccc(C=Nc2sc3c(c2C(=O)NC2CCCCC2)CCCC3)c1. The van der Waals surface area contributed by atoms with E-state index in [-0.39, 0.29) is 12.0 Å². The molecule has 0 bridgehead atoms. The van der Waals surface area contributed by atoms with Gasteiger partial charge in [-0.05, 0) is 75.6 Å². The van der Waals surface area contributed by atoms with Crippen LogP contribution in [0.3, 0.4) is 0 Å². The van der Waals surface area contributed by atoms with Gasteiger partial charge >= 0.3 is 0 Å². The fourth-order valence-corrected chi connectivity index (χ4v) is 5.69. The summed E-state index contributed by atoms with van der Waals surface area (Å²) >= 11 is 1.70. The van der Waals surface area contributed by atoms with E-state index in [0.29, 0.717) is 6.04 Å². The summed E-state index contributed by atoms with van der Waals surface area (Å²) in [7, 11) is 0. The van der Waals surface area contributed by atoms with E-state index < -0.39 is 0 Å². The van der Waals surface area contributed by atoms with Crippen LogP contribution in [-0.4, -0.2) is 24.3 Å². The zero-order valence-corrected chi connectivity index (χ0v) is 18.9. The molecule has 1 fully saturated rings. The molecule has 1 aromatic carbocycles. The van der Waals surface area contributed by atoms with Crippen LogP contribution >= 0.6 is 11.3 Å². The van der Waals surface area contributed by atoms with Crippen LogP contribution in [0.5, 0.6) is 5.75 Å². The molecule has 0 spiro atoms. The number of amides is 1. The Kier molecular flexibility index (Phi) is 6.88. The molecule has 1 aromatic heterocycles. The van der Waals surface area contributed by atoms with Crippen molar-refractivity contribution in [1.29, 1.82) is 0 Å².